The fraction of sp³-hybridized carbons (Fsp3) is 0.188. The zero-order valence-electron chi connectivity index (χ0n) is 12.1. The van der Waals surface area contributed by atoms with Crippen molar-refractivity contribution >= 4 is 33.3 Å². The summed E-state index contributed by atoms with van der Waals surface area (Å²) in [5.41, 5.74) is 1.39. The van der Waals surface area contributed by atoms with E-state index in [9.17, 15) is 9.59 Å². The zero-order chi connectivity index (χ0) is 15.8. The average Bonchev–Trinajstić information content (AvgIpc) is 3.18. The summed E-state index contributed by atoms with van der Waals surface area (Å²) in [6.45, 7) is 0.715. The van der Waals surface area contributed by atoms with Crippen molar-refractivity contribution in [3.8, 4) is 0 Å². The van der Waals surface area contributed by atoms with Gasteiger partial charge in [0.2, 0.25) is 0 Å². The van der Waals surface area contributed by atoms with Gasteiger partial charge in [0.05, 0.1) is 24.9 Å². The molecule has 1 saturated heterocycles. The minimum absolute atomic E-state index is 0.0980. The number of carbonyl (C=O) groups excluding carboxylic acids is 1. The van der Waals surface area contributed by atoms with E-state index in [1.807, 2.05) is 41.8 Å². The van der Waals surface area contributed by atoms with Crippen molar-refractivity contribution in [1.29, 1.82) is 0 Å². The highest BCUT2D eigenvalue weighted by Gasteiger charge is 2.32. The van der Waals surface area contributed by atoms with E-state index in [0.29, 0.717) is 23.3 Å². The minimum Gasteiger partial charge on any atom is -0.442 e. The van der Waals surface area contributed by atoms with Gasteiger partial charge in [0, 0.05) is 5.69 Å². The second-order valence-corrected chi connectivity index (χ2v) is 6.21. The lowest BCUT2D eigenvalue weighted by Gasteiger charge is -2.12. The Hall–Kier alpha value is -2.67. The number of rotatable bonds is 3. The molecule has 2 aromatic heterocycles. The Labute approximate surface area is 135 Å². The van der Waals surface area contributed by atoms with Crippen LogP contribution in [0.2, 0.25) is 0 Å². The Morgan fingerprint density at radius 1 is 1.22 bits per heavy atom. The van der Waals surface area contributed by atoms with Crippen LogP contribution in [0.25, 0.3) is 10.2 Å². The maximum atomic E-state index is 12.4. The summed E-state index contributed by atoms with van der Waals surface area (Å²) in [4.78, 5) is 30.3. The highest BCUT2D eigenvalue weighted by molar-refractivity contribution is 7.17. The zero-order valence-corrected chi connectivity index (χ0v) is 12.9. The van der Waals surface area contributed by atoms with E-state index in [1.54, 1.807) is 4.90 Å². The van der Waals surface area contributed by atoms with Crippen molar-refractivity contribution in [1.82, 2.24) is 9.55 Å². The third-order valence-electron chi connectivity index (χ3n) is 3.78. The lowest BCUT2D eigenvalue weighted by atomic mass is 10.2. The lowest BCUT2D eigenvalue weighted by Crippen LogP contribution is -2.29. The Kier molecular flexibility index (Phi) is 3.34. The van der Waals surface area contributed by atoms with Crippen LogP contribution in [0.3, 0.4) is 0 Å². The van der Waals surface area contributed by atoms with Crippen LogP contribution in [0.15, 0.2) is 52.9 Å². The van der Waals surface area contributed by atoms with Crippen molar-refractivity contribution in [2.45, 2.75) is 12.6 Å². The van der Waals surface area contributed by atoms with Gasteiger partial charge in [0.25, 0.3) is 5.56 Å². The van der Waals surface area contributed by atoms with Gasteiger partial charge in [-0.15, -0.1) is 11.3 Å². The van der Waals surface area contributed by atoms with Crippen molar-refractivity contribution in [2.24, 2.45) is 0 Å². The molecule has 0 radical (unpaired) electrons. The molecule has 1 aliphatic rings. The van der Waals surface area contributed by atoms with Crippen molar-refractivity contribution in [3.63, 3.8) is 0 Å². The topological polar surface area (TPSA) is 64.4 Å². The molecule has 116 valence electrons. The number of benzene rings is 1. The molecule has 23 heavy (non-hydrogen) atoms. The van der Waals surface area contributed by atoms with E-state index >= 15 is 0 Å². The van der Waals surface area contributed by atoms with Crippen LogP contribution in [0.1, 0.15) is 0 Å². The van der Waals surface area contributed by atoms with E-state index in [2.05, 4.69) is 4.98 Å². The number of thiophene rings is 1. The summed E-state index contributed by atoms with van der Waals surface area (Å²) < 4.78 is 7.51. The number of fused-ring (bicyclic) bond motifs is 1. The van der Waals surface area contributed by atoms with Gasteiger partial charge in [-0.1, -0.05) is 18.2 Å². The summed E-state index contributed by atoms with van der Waals surface area (Å²) >= 11 is 1.37. The number of carbonyl (C=O) groups is 1. The number of aromatic nitrogens is 2. The second-order valence-electron chi connectivity index (χ2n) is 5.29. The summed E-state index contributed by atoms with van der Waals surface area (Å²) in [7, 11) is 0. The third-order valence-corrected chi connectivity index (χ3v) is 4.67. The molecule has 6 nitrogen and oxygen atoms in total. The molecule has 1 amide bonds. The fourth-order valence-electron chi connectivity index (χ4n) is 2.66. The first kappa shape index (κ1) is 14.0. The van der Waals surface area contributed by atoms with E-state index in [-0.39, 0.29) is 17.8 Å². The number of hydrogen-bond donors (Lipinski definition) is 0. The van der Waals surface area contributed by atoms with Crippen LogP contribution in [0.4, 0.5) is 10.5 Å². The normalized spacial score (nSPS) is 17.7. The number of anilines is 1. The van der Waals surface area contributed by atoms with Gasteiger partial charge in [-0.25, -0.2) is 9.78 Å². The first-order valence-corrected chi connectivity index (χ1v) is 8.06. The average molecular weight is 327 g/mol. The number of ether oxygens (including phenoxy) is 1. The molecule has 0 saturated carbocycles. The third kappa shape index (κ3) is 2.49. The SMILES string of the molecule is O=C1O[C@H](Cn2cnc3ccsc3c2=O)CN1c1ccccc1. The number of cyclic esters (lactones) is 1. The van der Waals surface area contributed by atoms with Crippen molar-refractivity contribution in [3.05, 3.63) is 58.5 Å². The highest BCUT2D eigenvalue weighted by atomic mass is 32.1. The molecule has 1 aliphatic heterocycles. The molecule has 0 aliphatic carbocycles. The summed E-state index contributed by atoms with van der Waals surface area (Å²) in [6.07, 6.45) is 0.746. The first-order valence-electron chi connectivity index (χ1n) is 7.18. The molecule has 0 unspecified atom stereocenters. The Morgan fingerprint density at radius 3 is 2.87 bits per heavy atom. The van der Waals surface area contributed by atoms with Crippen LogP contribution in [0.5, 0.6) is 0 Å². The number of hydrogen-bond acceptors (Lipinski definition) is 5. The number of para-hydroxylation sites is 1. The van der Waals surface area contributed by atoms with Crippen molar-refractivity contribution in [2.75, 3.05) is 11.4 Å². The molecule has 4 rings (SSSR count). The Morgan fingerprint density at radius 2 is 2.04 bits per heavy atom. The number of amides is 1. The van der Waals surface area contributed by atoms with Crippen LogP contribution < -0.4 is 10.5 Å². The molecule has 0 bridgehead atoms. The van der Waals surface area contributed by atoms with Crippen molar-refractivity contribution < 1.29 is 9.53 Å². The predicted molar refractivity (Wildman–Crippen MR) is 87.9 cm³/mol. The quantitative estimate of drug-likeness (QED) is 0.741. The first-order chi connectivity index (χ1) is 11.2. The standard InChI is InChI=1S/C16H13N3O3S/c20-15-14-13(6-7-23-14)17-10-18(15)8-12-9-19(16(21)22-12)11-4-2-1-3-5-11/h1-7,10,12H,8-9H2/t12-/m1/s1. The molecule has 7 heteroatoms. The van der Waals surface area contributed by atoms with Crippen LogP contribution in [0, 0.1) is 0 Å². The molecule has 1 atom stereocenters. The van der Waals surface area contributed by atoms with E-state index in [0.717, 1.165) is 5.69 Å². The summed E-state index contributed by atoms with van der Waals surface area (Å²) in [5, 5.41) is 1.84. The molecule has 0 N–H and O–H groups in total. The minimum atomic E-state index is -0.389. The van der Waals surface area contributed by atoms with Gasteiger partial charge < -0.3 is 4.74 Å². The van der Waals surface area contributed by atoms with Crippen LogP contribution in [-0.4, -0.2) is 28.3 Å². The summed E-state index contributed by atoms with van der Waals surface area (Å²) in [5.74, 6) is 0. The van der Waals surface area contributed by atoms with E-state index in [1.165, 1.54) is 22.2 Å². The smallest absolute Gasteiger partial charge is 0.414 e. The van der Waals surface area contributed by atoms with Crippen LogP contribution >= 0.6 is 11.3 Å². The molecular weight excluding hydrogens is 314 g/mol. The predicted octanol–water partition coefficient (Wildman–Crippen LogP) is 2.48. The second kappa shape index (κ2) is 5.51. The van der Waals surface area contributed by atoms with E-state index in [4.69, 9.17) is 4.74 Å². The van der Waals surface area contributed by atoms with Crippen LogP contribution in [-0.2, 0) is 11.3 Å². The van der Waals surface area contributed by atoms with Gasteiger partial charge in [-0.2, -0.15) is 0 Å². The van der Waals surface area contributed by atoms with Gasteiger partial charge in [0.1, 0.15) is 10.8 Å². The van der Waals surface area contributed by atoms with Gasteiger partial charge in [-0.05, 0) is 23.6 Å². The lowest BCUT2D eigenvalue weighted by molar-refractivity contribution is 0.131. The molecule has 1 aromatic carbocycles. The maximum Gasteiger partial charge on any atom is 0.414 e. The van der Waals surface area contributed by atoms with Gasteiger partial charge in [0.15, 0.2) is 0 Å². The molecular formula is C16H13N3O3S. The Balaban J connectivity index is 1.57. The Bertz CT molecular complexity index is 919. The summed E-state index contributed by atoms with van der Waals surface area (Å²) in [6, 6.07) is 11.2. The monoisotopic (exact) mass is 327 g/mol. The molecule has 3 aromatic rings. The fourth-order valence-corrected chi connectivity index (χ4v) is 3.46. The molecule has 0 spiro atoms. The highest BCUT2D eigenvalue weighted by Crippen LogP contribution is 2.22. The largest absolute Gasteiger partial charge is 0.442 e. The molecule has 1 fully saturated rings. The van der Waals surface area contributed by atoms with Gasteiger partial charge >= 0.3 is 6.09 Å². The van der Waals surface area contributed by atoms with E-state index < -0.39 is 0 Å². The molecule has 3 heterocycles. The van der Waals surface area contributed by atoms with Gasteiger partial charge in [-0.3, -0.25) is 14.3 Å². The maximum absolute atomic E-state index is 12.4. The number of nitrogens with zero attached hydrogens (tertiary/aromatic N) is 3.